The normalized spacial score (nSPS) is 15.6. The molecule has 0 bridgehead atoms. The Hall–Kier alpha value is -1.12. The Morgan fingerprint density at radius 2 is 2.37 bits per heavy atom. The van der Waals surface area contributed by atoms with Gasteiger partial charge in [-0.2, -0.15) is 0 Å². The Labute approximate surface area is 123 Å². The lowest BCUT2D eigenvalue weighted by molar-refractivity contribution is -0.137. The van der Waals surface area contributed by atoms with Gasteiger partial charge in [-0.15, -0.1) is 23.1 Å². The summed E-state index contributed by atoms with van der Waals surface area (Å²) in [7, 11) is 0. The Morgan fingerprint density at radius 1 is 1.63 bits per heavy atom. The van der Waals surface area contributed by atoms with Crippen molar-refractivity contribution in [1.29, 1.82) is 0 Å². The average Bonchev–Trinajstić information content (AvgIpc) is 2.92. The molecule has 2 rings (SSSR count). The second-order valence-electron chi connectivity index (χ2n) is 3.90. The summed E-state index contributed by atoms with van der Waals surface area (Å²) in [6.07, 6.45) is 1.89. The Kier molecular flexibility index (Phi) is 4.43. The van der Waals surface area contributed by atoms with Gasteiger partial charge < -0.3 is 10.2 Å². The molecular weight excluding hydrogens is 304 g/mol. The van der Waals surface area contributed by atoms with E-state index in [-0.39, 0.29) is 12.4 Å². The summed E-state index contributed by atoms with van der Waals surface area (Å²) >= 11 is 7.95. The first-order valence-corrected chi connectivity index (χ1v) is 7.70. The van der Waals surface area contributed by atoms with Crippen molar-refractivity contribution >= 4 is 51.9 Å². The van der Waals surface area contributed by atoms with Gasteiger partial charge >= 0.3 is 5.97 Å². The molecule has 0 aliphatic carbocycles. The molecule has 1 aromatic rings. The molecule has 0 aromatic carbocycles. The molecule has 2 N–H and O–H groups in total. The fourth-order valence-corrected chi connectivity index (χ4v) is 3.71. The summed E-state index contributed by atoms with van der Waals surface area (Å²) in [5.74, 6) is -0.149. The largest absolute Gasteiger partial charge is 0.493 e. The van der Waals surface area contributed by atoms with Crippen LogP contribution >= 0.6 is 35.3 Å². The van der Waals surface area contributed by atoms with E-state index in [0.717, 1.165) is 22.9 Å². The van der Waals surface area contributed by atoms with E-state index in [4.69, 9.17) is 17.3 Å². The molecule has 0 amide bonds. The van der Waals surface area contributed by atoms with Gasteiger partial charge in [0.1, 0.15) is 6.54 Å². The van der Waals surface area contributed by atoms with Gasteiger partial charge in [-0.25, -0.2) is 0 Å². The van der Waals surface area contributed by atoms with E-state index in [9.17, 15) is 9.90 Å². The summed E-state index contributed by atoms with van der Waals surface area (Å²) in [5, 5.41) is 19.8. The maximum Gasteiger partial charge on any atom is 0.323 e. The minimum atomic E-state index is -1.03. The van der Waals surface area contributed by atoms with Crippen LogP contribution in [0.2, 0.25) is 0 Å². The van der Waals surface area contributed by atoms with Gasteiger partial charge in [0.25, 0.3) is 0 Å². The van der Waals surface area contributed by atoms with Crippen LogP contribution < -0.4 is 0 Å². The van der Waals surface area contributed by atoms with Crippen LogP contribution in [0.1, 0.15) is 11.8 Å². The molecule has 19 heavy (non-hydrogen) atoms. The number of aliphatic carboxylic acids is 1. The zero-order valence-electron chi connectivity index (χ0n) is 10.1. The molecule has 0 fully saturated rings. The van der Waals surface area contributed by atoms with Crippen LogP contribution in [0.5, 0.6) is 5.88 Å². The highest BCUT2D eigenvalue weighted by Crippen LogP contribution is 2.33. The lowest BCUT2D eigenvalue weighted by Gasteiger charge is -2.02. The predicted octanol–water partition coefficient (Wildman–Crippen LogP) is 2.62. The molecule has 102 valence electrons. The molecule has 0 saturated heterocycles. The molecule has 1 aromatic heterocycles. The number of carboxylic acids is 1. The second kappa shape index (κ2) is 5.89. The maximum atomic E-state index is 10.7. The summed E-state index contributed by atoms with van der Waals surface area (Å²) in [6, 6.07) is 0. The fourth-order valence-electron chi connectivity index (χ4n) is 1.62. The molecule has 1 aliphatic heterocycles. The summed E-state index contributed by atoms with van der Waals surface area (Å²) in [4.78, 5) is 15.6. The Bertz CT molecular complexity index is 628. The number of thiazole rings is 1. The number of hydrogen-bond acceptors (Lipinski definition) is 6. The van der Waals surface area contributed by atoms with Crippen molar-refractivity contribution < 1.29 is 15.0 Å². The van der Waals surface area contributed by atoms with Crippen LogP contribution in [-0.4, -0.2) is 38.1 Å². The molecule has 0 unspecified atom stereocenters. The standard InChI is InChI=1S/C11H12N2O3S3/c1-6(4-7-12-2-3-18-7)9-10(16)13(5-8(14)15)11(17)19-9/h4,16H,2-3,5H2,1H3,(H,14,15)/b6-4+. The molecule has 0 radical (unpaired) electrons. The van der Waals surface area contributed by atoms with Crippen LogP contribution in [0.3, 0.4) is 0 Å². The topological polar surface area (TPSA) is 74.8 Å². The first kappa shape index (κ1) is 14.3. The van der Waals surface area contributed by atoms with Crippen LogP contribution in [-0.2, 0) is 11.3 Å². The quantitative estimate of drug-likeness (QED) is 0.835. The van der Waals surface area contributed by atoms with E-state index in [1.807, 2.05) is 13.0 Å². The van der Waals surface area contributed by atoms with Gasteiger partial charge in [0, 0.05) is 12.3 Å². The van der Waals surface area contributed by atoms with Gasteiger partial charge in [0.15, 0.2) is 3.95 Å². The number of aliphatic imine (C=N–C) groups is 1. The minimum absolute atomic E-state index is 0.0882. The monoisotopic (exact) mass is 316 g/mol. The first-order chi connectivity index (χ1) is 8.99. The number of carbonyl (C=O) groups is 1. The predicted molar refractivity (Wildman–Crippen MR) is 80.9 cm³/mol. The lowest BCUT2D eigenvalue weighted by Crippen LogP contribution is -2.08. The van der Waals surface area contributed by atoms with Gasteiger partial charge in [-0.1, -0.05) is 0 Å². The Morgan fingerprint density at radius 3 is 2.95 bits per heavy atom. The highest BCUT2D eigenvalue weighted by molar-refractivity contribution is 8.14. The molecular formula is C11H12N2O3S3. The van der Waals surface area contributed by atoms with Crippen LogP contribution in [0, 0.1) is 3.95 Å². The van der Waals surface area contributed by atoms with Crippen molar-refractivity contribution in [3.63, 3.8) is 0 Å². The van der Waals surface area contributed by atoms with Crippen molar-refractivity contribution in [2.75, 3.05) is 12.3 Å². The SMILES string of the molecule is C/C(=C\C1=NCCS1)c1sc(=S)n(CC(=O)O)c1O. The van der Waals surface area contributed by atoms with Crippen molar-refractivity contribution in [3.05, 3.63) is 14.9 Å². The zero-order chi connectivity index (χ0) is 14.0. The van der Waals surface area contributed by atoms with Crippen LogP contribution in [0.25, 0.3) is 5.57 Å². The van der Waals surface area contributed by atoms with Crippen molar-refractivity contribution in [2.24, 2.45) is 4.99 Å². The number of carboxylic acid groups (broad SMARTS) is 1. The van der Waals surface area contributed by atoms with E-state index in [1.165, 1.54) is 15.9 Å². The van der Waals surface area contributed by atoms with Crippen molar-refractivity contribution in [1.82, 2.24) is 4.57 Å². The third-order valence-electron chi connectivity index (χ3n) is 2.47. The third-order valence-corrected chi connectivity index (χ3v) is 4.97. The van der Waals surface area contributed by atoms with E-state index in [2.05, 4.69) is 4.99 Å². The Balaban J connectivity index is 2.35. The lowest BCUT2D eigenvalue weighted by atomic mass is 10.2. The minimum Gasteiger partial charge on any atom is -0.493 e. The molecule has 0 atom stereocenters. The molecule has 5 nitrogen and oxygen atoms in total. The summed E-state index contributed by atoms with van der Waals surface area (Å²) in [6.45, 7) is 2.34. The third kappa shape index (κ3) is 3.26. The number of aromatic nitrogens is 1. The number of nitrogens with zero attached hydrogens (tertiary/aromatic N) is 2. The molecule has 0 spiro atoms. The van der Waals surface area contributed by atoms with Crippen molar-refractivity contribution in [2.45, 2.75) is 13.5 Å². The maximum absolute atomic E-state index is 10.7. The first-order valence-electron chi connectivity index (χ1n) is 5.49. The van der Waals surface area contributed by atoms with Crippen LogP contribution in [0.15, 0.2) is 11.1 Å². The smallest absolute Gasteiger partial charge is 0.323 e. The second-order valence-corrected chi connectivity index (χ2v) is 6.66. The van der Waals surface area contributed by atoms with E-state index >= 15 is 0 Å². The van der Waals surface area contributed by atoms with Crippen LogP contribution in [0.4, 0.5) is 0 Å². The van der Waals surface area contributed by atoms with Gasteiger partial charge in [-0.05, 0) is 30.8 Å². The molecule has 1 aliphatic rings. The molecule has 8 heteroatoms. The van der Waals surface area contributed by atoms with Crippen molar-refractivity contribution in [3.8, 4) is 5.88 Å². The fraction of sp³-hybridized carbons (Fsp3) is 0.364. The molecule has 2 heterocycles. The summed E-state index contributed by atoms with van der Waals surface area (Å²) in [5.41, 5.74) is 0.839. The highest BCUT2D eigenvalue weighted by Gasteiger charge is 2.16. The highest BCUT2D eigenvalue weighted by atomic mass is 32.2. The number of thioether (sulfide) groups is 1. The van der Waals surface area contributed by atoms with E-state index in [0.29, 0.717) is 8.83 Å². The average molecular weight is 316 g/mol. The zero-order valence-corrected chi connectivity index (χ0v) is 12.6. The van der Waals surface area contributed by atoms with Gasteiger partial charge in [0.05, 0.1) is 9.92 Å². The summed E-state index contributed by atoms with van der Waals surface area (Å²) < 4.78 is 1.57. The van der Waals surface area contributed by atoms with Gasteiger partial charge in [-0.3, -0.25) is 14.4 Å². The van der Waals surface area contributed by atoms with E-state index < -0.39 is 5.97 Å². The number of aromatic hydroxyl groups is 1. The number of allylic oxidation sites excluding steroid dienone is 1. The number of rotatable bonds is 4. The van der Waals surface area contributed by atoms with E-state index in [1.54, 1.807) is 11.8 Å². The molecule has 0 saturated carbocycles. The number of hydrogen-bond donors (Lipinski definition) is 2. The van der Waals surface area contributed by atoms with Gasteiger partial charge in [0.2, 0.25) is 5.88 Å².